The molecule has 0 spiro atoms. The number of halogens is 2. The van der Waals surface area contributed by atoms with E-state index in [9.17, 15) is 0 Å². The van der Waals surface area contributed by atoms with Crippen LogP contribution in [0.4, 0.5) is 0 Å². The third-order valence-electron chi connectivity index (χ3n) is 4.52. The van der Waals surface area contributed by atoms with Gasteiger partial charge in [0, 0.05) is 19.0 Å². The van der Waals surface area contributed by atoms with Gasteiger partial charge in [-0.15, -0.1) is 0 Å². The molecule has 21 heavy (non-hydrogen) atoms. The molecule has 1 fully saturated rings. The van der Waals surface area contributed by atoms with Crippen molar-refractivity contribution in [3.05, 3.63) is 69.7 Å². The molecule has 3 rings (SSSR count). The number of hydrogen-bond donors (Lipinski definition) is 1. The normalized spacial score (nSPS) is 25.2. The van der Waals surface area contributed by atoms with E-state index in [4.69, 9.17) is 23.2 Å². The van der Waals surface area contributed by atoms with Crippen LogP contribution in [0.2, 0.25) is 10.0 Å². The van der Waals surface area contributed by atoms with Gasteiger partial charge in [-0.3, -0.25) is 0 Å². The standard InChI is InChI=1S/C18H19Cl2N/c1-18(10-13-5-3-2-4-6-13)12-21-11-15(18)14-7-8-16(19)17(20)9-14/h2-9,15,21H,10-12H2,1H3/t15-,18+/m1/s1. The highest BCUT2D eigenvalue weighted by molar-refractivity contribution is 6.42. The summed E-state index contributed by atoms with van der Waals surface area (Å²) in [4.78, 5) is 0. The van der Waals surface area contributed by atoms with Crippen LogP contribution in [0.1, 0.15) is 24.0 Å². The van der Waals surface area contributed by atoms with E-state index < -0.39 is 0 Å². The molecular formula is C18H19Cl2N. The van der Waals surface area contributed by atoms with Crippen LogP contribution in [-0.4, -0.2) is 13.1 Å². The Morgan fingerprint density at radius 2 is 1.86 bits per heavy atom. The molecule has 0 amide bonds. The van der Waals surface area contributed by atoms with Gasteiger partial charge in [0.25, 0.3) is 0 Å². The fraction of sp³-hybridized carbons (Fsp3) is 0.333. The highest BCUT2D eigenvalue weighted by Crippen LogP contribution is 2.42. The Kier molecular flexibility index (Phi) is 4.26. The number of hydrogen-bond acceptors (Lipinski definition) is 1. The zero-order chi connectivity index (χ0) is 14.9. The van der Waals surface area contributed by atoms with Gasteiger partial charge in [-0.25, -0.2) is 0 Å². The fourth-order valence-corrected chi connectivity index (χ4v) is 3.68. The first-order valence-electron chi connectivity index (χ1n) is 7.28. The van der Waals surface area contributed by atoms with E-state index in [1.807, 2.05) is 12.1 Å². The van der Waals surface area contributed by atoms with Gasteiger partial charge < -0.3 is 5.32 Å². The first-order valence-corrected chi connectivity index (χ1v) is 8.04. The van der Waals surface area contributed by atoms with Gasteiger partial charge in [-0.2, -0.15) is 0 Å². The van der Waals surface area contributed by atoms with E-state index >= 15 is 0 Å². The lowest BCUT2D eigenvalue weighted by atomic mass is 9.72. The Bertz CT molecular complexity index is 626. The van der Waals surface area contributed by atoms with Crippen molar-refractivity contribution in [1.29, 1.82) is 0 Å². The second-order valence-electron chi connectivity index (χ2n) is 6.17. The van der Waals surface area contributed by atoms with Crippen LogP contribution < -0.4 is 5.32 Å². The number of rotatable bonds is 3. The molecule has 1 aliphatic rings. The SMILES string of the molecule is C[C@]1(Cc2ccccc2)CNC[C@@H]1c1ccc(Cl)c(Cl)c1. The topological polar surface area (TPSA) is 12.0 Å². The Morgan fingerprint density at radius 3 is 2.57 bits per heavy atom. The molecule has 0 aliphatic carbocycles. The lowest BCUT2D eigenvalue weighted by molar-refractivity contribution is 0.319. The lowest BCUT2D eigenvalue weighted by Crippen LogP contribution is -2.28. The zero-order valence-electron chi connectivity index (χ0n) is 12.1. The summed E-state index contributed by atoms with van der Waals surface area (Å²) in [5, 5.41) is 4.80. The van der Waals surface area contributed by atoms with Gasteiger partial charge in [0.15, 0.2) is 0 Å². The molecule has 0 saturated carbocycles. The van der Waals surface area contributed by atoms with Crippen LogP contribution in [0.5, 0.6) is 0 Å². The van der Waals surface area contributed by atoms with E-state index in [-0.39, 0.29) is 5.41 Å². The first kappa shape index (κ1) is 14.9. The van der Waals surface area contributed by atoms with Crippen molar-refractivity contribution < 1.29 is 0 Å². The molecule has 2 aromatic rings. The summed E-state index contributed by atoms with van der Waals surface area (Å²) >= 11 is 12.2. The molecule has 1 heterocycles. The Balaban J connectivity index is 1.88. The summed E-state index contributed by atoms with van der Waals surface area (Å²) in [6, 6.07) is 16.7. The molecule has 0 unspecified atom stereocenters. The minimum atomic E-state index is 0.193. The monoisotopic (exact) mass is 319 g/mol. The predicted octanol–water partition coefficient (Wildman–Crippen LogP) is 4.93. The quantitative estimate of drug-likeness (QED) is 0.845. The van der Waals surface area contributed by atoms with Crippen LogP contribution >= 0.6 is 23.2 Å². The predicted molar refractivity (Wildman–Crippen MR) is 90.3 cm³/mol. The maximum Gasteiger partial charge on any atom is 0.0595 e. The molecule has 1 N–H and O–H groups in total. The highest BCUT2D eigenvalue weighted by Gasteiger charge is 2.39. The zero-order valence-corrected chi connectivity index (χ0v) is 13.6. The van der Waals surface area contributed by atoms with E-state index in [1.54, 1.807) is 0 Å². The Morgan fingerprint density at radius 1 is 1.10 bits per heavy atom. The van der Waals surface area contributed by atoms with Gasteiger partial charge in [-0.1, -0.05) is 66.5 Å². The van der Waals surface area contributed by atoms with E-state index in [0.29, 0.717) is 16.0 Å². The van der Waals surface area contributed by atoms with Crippen molar-refractivity contribution in [1.82, 2.24) is 5.32 Å². The van der Waals surface area contributed by atoms with Crippen molar-refractivity contribution >= 4 is 23.2 Å². The molecule has 1 aliphatic heterocycles. The smallest absolute Gasteiger partial charge is 0.0595 e. The average Bonchev–Trinajstić information content (AvgIpc) is 2.84. The molecular weight excluding hydrogens is 301 g/mol. The maximum absolute atomic E-state index is 6.19. The van der Waals surface area contributed by atoms with Crippen molar-refractivity contribution in [2.75, 3.05) is 13.1 Å². The molecule has 110 valence electrons. The van der Waals surface area contributed by atoms with E-state index in [0.717, 1.165) is 19.5 Å². The molecule has 3 heteroatoms. The summed E-state index contributed by atoms with van der Waals surface area (Å²) in [7, 11) is 0. The Hall–Kier alpha value is -1.02. The van der Waals surface area contributed by atoms with Gasteiger partial charge in [0.1, 0.15) is 0 Å². The second-order valence-corrected chi connectivity index (χ2v) is 6.99. The summed E-state index contributed by atoms with van der Waals surface area (Å²) in [6.07, 6.45) is 1.06. The van der Waals surface area contributed by atoms with Crippen molar-refractivity contribution in [2.24, 2.45) is 5.41 Å². The van der Waals surface area contributed by atoms with Crippen molar-refractivity contribution in [2.45, 2.75) is 19.3 Å². The molecule has 2 atom stereocenters. The second kappa shape index (κ2) is 6.00. The van der Waals surface area contributed by atoms with Gasteiger partial charge >= 0.3 is 0 Å². The van der Waals surface area contributed by atoms with Crippen LogP contribution in [-0.2, 0) is 6.42 Å². The average molecular weight is 320 g/mol. The van der Waals surface area contributed by atoms with Gasteiger partial charge in [-0.05, 0) is 35.1 Å². The van der Waals surface area contributed by atoms with Crippen LogP contribution in [0.15, 0.2) is 48.5 Å². The minimum absolute atomic E-state index is 0.193. The van der Waals surface area contributed by atoms with Gasteiger partial charge in [0.2, 0.25) is 0 Å². The molecule has 1 nitrogen and oxygen atoms in total. The molecule has 2 aromatic carbocycles. The largest absolute Gasteiger partial charge is 0.316 e. The van der Waals surface area contributed by atoms with Crippen molar-refractivity contribution in [3.8, 4) is 0 Å². The minimum Gasteiger partial charge on any atom is -0.316 e. The Labute approximate surface area is 136 Å². The third kappa shape index (κ3) is 3.11. The third-order valence-corrected chi connectivity index (χ3v) is 5.25. The van der Waals surface area contributed by atoms with Crippen LogP contribution in [0, 0.1) is 5.41 Å². The summed E-state index contributed by atoms with van der Waals surface area (Å²) in [5.41, 5.74) is 2.85. The lowest BCUT2D eigenvalue weighted by Gasteiger charge is -2.31. The maximum atomic E-state index is 6.19. The fourth-order valence-electron chi connectivity index (χ4n) is 3.37. The highest BCUT2D eigenvalue weighted by atomic mass is 35.5. The van der Waals surface area contributed by atoms with Crippen molar-refractivity contribution in [3.63, 3.8) is 0 Å². The molecule has 0 aromatic heterocycles. The van der Waals surface area contributed by atoms with Gasteiger partial charge in [0.05, 0.1) is 10.0 Å². The van der Waals surface area contributed by atoms with Crippen LogP contribution in [0.3, 0.4) is 0 Å². The summed E-state index contributed by atoms with van der Waals surface area (Å²) in [5.74, 6) is 0.451. The molecule has 1 saturated heterocycles. The summed E-state index contributed by atoms with van der Waals surface area (Å²) in [6.45, 7) is 4.36. The van der Waals surface area contributed by atoms with E-state index in [2.05, 4.69) is 48.6 Å². The first-order chi connectivity index (χ1) is 10.1. The van der Waals surface area contributed by atoms with Crippen LogP contribution in [0.25, 0.3) is 0 Å². The van der Waals surface area contributed by atoms with E-state index in [1.165, 1.54) is 11.1 Å². The summed E-state index contributed by atoms with van der Waals surface area (Å²) < 4.78 is 0. The number of nitrogens with one attached hydrogen (secondary N) is 1. The molecule has 0 bridgehead atoms. The molecule has 0 radical (unpaired) electrons. The number of benzene rings is 2.